The smallest absolute Gasteiger partial charge is 0.333 e. The van der Waals surface area contributed by atoms with Gasteiger partial charge in [0.15, 0.2) is 24.3 Å². The largest absolute Gasteiger partial charge is 0.497 e. The number of rotatable bonds is 9. The maximum absolute atomic E-state index is 13.9. The van der Waals surface area contributed by atoms with Gasteiger partial charge in [0, 0.05) is 11.5 Å². The maximum Gasteiger partial charge on any atom is 0.333 e. The second-order valence-electron chi connectivity index (χ2n) is 7.35. The molecular weight excluding hydrogens is 476 g/mol. The molecule has 1 unspecified atom stereocenters. The van der Waals surface area contributed by atoms with Crippen LogP contribution in [0, 0.1) is 0 Å². The third-order valence-corrected chi connectivity index (χ3v) is 10.5. The van der Waals surface area contributed by atoms with Crippen molar-refractivity contribution in [3.63, 3.8) is 0 Å². The van der Waals surface area contributed by atoms with Crippen LogP contribution >= 0.6 is 0 Å². The molecule has 0 saturated carbocycles. The van der Waals surface area contributed by atoms with Crippen molar-refractivity contribution in [2.75, 3.05) is 14.2 Å². The minimum absolute atomic E-state index is 0.198. The molecule has 9 heteroatoms. The topological polar surface area (TPSA) is 104 Å². The molecule has 1 atom stereocenters. The summed E-state index contributed by atoms with van der Waals surface area (Å²) in [5, 5.41) is 0. The van der Waals surface area contributed by atoms with Gasteiger partial charge in [-0.15, -0.1) is 0 Å². The van der Waals surface area contributed by atoms with Crippen LogP contribution in [0.15, 0.2) is 107 Å². The number of carbonyl (C=O) groups excluding carboxylic acids is 1. The lowest BCUT2D eigenvalue weighted by Gasteiger charge is -2.28. The quantitative estimate of drug-likeness (QED) is 0.325. The van der Waals surface area contributed by atoms with Crippen LogP contribution in [0.3, 0.4) is 0 Å². The van der Waals surface area contributed by atoms with E-state index in [1.165, 1.54) is 67.8 Å². The first-order valence-electron chi connectivity index (χ1n) is 10.1. The van der Waals surface area contributed by atoms with E-state index < -0.39 is 36.1 Å². The summed E-state index contributed by atoms with van der Waals surface area (Å²) < 4.78 is 63.5. The standard InChI is InChI=1S/C25H24O7S2/c1-18(24(26)32-3)23(19-14-16-20(31-2)17-15-19)25(33(27,28)21-10-6-4-7-11-21)34(29,30)22-12-8-5-9-13-22/h4-17,23,25H,1H2,2-3H3. The van der Waals surface area contributed by atoms with Crippen LogP contribution in [-0.4, -0.2) is 41.6 Å². The zero-order valence-electron chi connectivity index (χ0n) is 18.6. The Kier molecular flexibility index (Phi) is 7.58. The fourth-order valence-electron chi connectivity index (χ4n) is 3.61. The molecule has 0 amide bonds. The van der Waals surface area contributed by atoms with Gasteiger partial charge in [0.2, 0.25) is 0 Å². The van der Waals surface area contributed by atoms with Crippen LogP contribution in [-0.2, 0) is 29.2 Å². The van der Waals surface area contributed by atoms with E-state index in [1.807, 2.05) is 0 Å². The van der Waals surface area contributed by atoms with Crippen molar-refractivity contribution < 1.29 is 31.1 Å². The minimum atomic E-state index is -4.54. The second-order valence-corrected chi connectivity index (χ2v) is 11.8. The zero-order valence-corrected chi connectivity index (χ0v) is 20.3. The first-order chi connectivity index (χ1) is 16.1. The lowest BCUT2D eigenvalue weighted by atomic mass is 9.93. The van der Waals surface area contributed by atoms with Crippen molar-refractivity contribution in [1.82, 2.24) is 0 Å². The number of ether oxygens (including phenoxy) is 2. The Balaban J connectivity index is 2.36. The molecule has 0 aromatic heterocycles. The van der Waals surface area contributed by atoms with Crippen LogP contribution in [0.25, 0.3) is 0 Å². The van der Waals surface area contributed by atoms with E-state index in [-0.39, 0.29) is 20.9 Å². The van der Waals surface area contributed by atoms with Gasteiger partial charge in [0.25, 0.3) is 0 Å². The number of hydrogen-bond donors (Lipinski definition) is 0. The van der Waals surface area contributed by atoms with Crippen molar-refractivity contribution in [3.05, 3.63) is 103 Å². The molecule has 3 aromatic carbocycles. The SMILES string of the molecule is C=C(C(=O)OC)C(c1ccc(OC)cc1)C(S(=O)(=O)c1ccccc1)S(=O)(=O)c1ccccc1. The van der Waals surface area contributed by atoms with E-state index in [9.17, 15) is 21.6 Å². The lowest BCUT2D eigenvalue weighted by Crippen LogP contribution is -2.38. The molecule has 178 valence electrons. The van der Waals surface area contributed by atoms with E-state index in [1.54, 1.807) is 24.3 Å². The van der Waals surface area contributed by atoms with Crippen molar-refractivity contribution in [2.45, 2.75) is 20.3 Å². The van der Waals surface area contributed by atoms with Crippen LogP contribution in [0.1, 0.15) is 11.5 Å². The predicted molar refractivity (Wildman–Crippen MR) is 128 cm³/mol. The molecule has 0 radical (unpaired) electrons. The van der Waals surface area contributed by atoms with Gasteiger partial charge in [-0.05, 0) is 42.0 Å². The average molecular weight is 501 g/mol. The van der Waals surface area contributed by atoms with Gasteiger partial charge in [0.1, 0.15) is 5.75 Å². The Labute approximate surface area is 199 Å². The minimum Gasteiger partial charge on any atom is -0.497 e. The highest BCUT2D eigenvalue weighted by Crippen LogP contribution is 2.40. The summed E-state index contributed by atoms with van der Waals surface area (Å²) >= 11 is 0. The Morgan fingerprint density at radius 2 is 1.18 bits per heavy atom. The Morgan fingerprint density at radius 1 is 0.735 bits per heavy atom. The van der Waals surface area contributed by atoms with Crippen molar-refractivity contribution >= 4 is 25.6 Å². The van der Waals surface area contributed by atoms with E-state index in [2.05, 4.69) is 6.58 Å². The molecule has 0 bridgehead atoms. The third-order valence-electron chi connectivity index (χ3n) is 5.33. The fraction of sp³-hybridized carbons (Fsp3) is 0.160. The Bertz CT molecular complexity index is 1290. The number of esters is 1. The van der Waals surface area contributed by atoms with Crippen LogP contribution in [0.5, 0.6) is 5.75 Å². The summed E-state index contributed by atoms with van der Waals surface area (Å²) in [5.74, 6) is -1.91. The van der Waals surface area contributed by atoms with E-state index in [0.717, 1.165) is 7.11 Å². The van der Waals surface area contributed by atoms with Gasteiger partial charge in [-0.1, -0.05) is 55.1 Å². The molecule has 0 N–H and O–H groups in total. The summed E-state index contributed by atoms with van der Waals surface area (Å²) in [6, 6.07) is 20.6. The number of carbonyl (C=O) groups is 1. The van der Waals surface area contributed by atoms with Crippen molar-refractivity contribution in [1.29, 1.82) is 0 Å². The zero-order chi connectivity index (χ0) is 24.9. The number of methoxy groups -OCH3 is 2. The monoisotopic (exact) mass is 500 g/mol. The first kappa shape index (κ1) is 25.2. The molecule has 7 nitrogen and oxygen atoms in total. The van der Waals surface area contributed by atoms with Gasteiger partial charge < -0.3 is 9.47 Å². The Morgan fingerprint density at radius 3 is 1.56 bits per heavy atom. The summed E-state index contributed by atoms with van der Waals surface area (Å²) in [6.45, 7) is 3.75. The number of sulfone groups is 2. The van der Waals surface area contributed by atoms with Crippen molar-refractivity contribution in [3.8, 4) is 5.75 Å². The third kappa shape index (κ3) is 4.90. The summed E-state index contributed by atoms with van der Waals surface area (Å²) in [6.07, 6.45) is 0. The molecular formula is C25H24O7S2. The van der Waals surface area contributed by atoms with E-state index in [4.69, 9.17) is 9.47 Å². The molecule has 34 heavy (non-hydrogen) atoms. The molecule has 0 heterocycles. The van der Waals surface area contributed by atoms with Gasteiger partial charge in [-0.2, -0.15) is 0 Å². The highest BCUT2D eigenvalue weighted by molar-refractivity contribution is 8.09. The summed E-state index contributed by atoms with van der Waals surface area (Å²) in [5.41, 5.74) is -0.0584. The van der Waals surface area contributed by atoms with Gasteiger partial charge >= 0.3 is 5.97 Å². The second kappa shape index (κ2) is 10.2. The predicted octanol–water partition coefficient (Wildman–Crippen LogP) is 3.78. The average Bonchev–Trinajstić information content (AvgIpc) is 2.87. The molecule has 0 aliphatic carbocycles. The fourth-order valence-corrected chi connectivity index (χ4v) is 8.58. The molecule has 0 fully saturated rings. The molecule has 0 saturated heterocycles. The normalized spacial score (nSPS) is 12.7. The molecule has 3 aromatic rings. The van der Waals surface area contributed by atoms with Gasteiger partial charge in [-0.25, -0.2) is 21.6 Å². The maximum atomic E-state index is 13.9. The molecule has 3 rings (SSSR count). The van der Waals surface area contributed by atoms with E-state index >= 15 is 0 Å². The number of hydrogen-bond acceptors (Lipinski definition) is 7. The summed E-state index contributed by atoms with van der Waals surface area (Å²) in [4.78, 5) is 12.1. The molecule has 0 aliphatic rings. The summed E-state index contributed by atoms with van der Waals surface area (Å²) in [7, 11) is -6.51. The van der Waals surface area contributed by atoms with Gasteiger partial charge in [0.05, 0.1) is 24.0 Å². The van der Waals surface area contributed by atoms with Crippen LogP contribution in [0.4, 0.5) is 0 Å². The van der Waals surface area contributed by atoms with Crippen molar-refractivity contribution in [2.24, 2.45) is 0 Å². The lowest BCUT2D eigenvalue weighted by molar-refractivity contribution is -0.136. The molecule has 0 aliphatic heterocycles. The van der Waals surface area contributed by atoms with Gasteiger partial charge in [-0.3, -0.25) is 0 Å². The highest BCUT2D eigenvalue weighted by Gasteiger charge is 2.48. The van der Waals surface area contributed by atoms with E-state index in [0.29, 0.717) is 5.75 Å². The van der Waals surface area contributed by atoms with Crippen LogP contribution < -0.4 is 4.74 Å². The Hall–Kier alpha value is -3.43. The highest BCUT2D eigenvalue weighted by atomic mass is 32.3. The van der Waals surface area contributed by atoms with Crippen LogP contribution in [0.2, 0.25) is 0 Å². The number of benzene rings is 3. The molecule has 0 spiro atoms. The first-order valence-corrected chi connectivity index (χ1v) is 13.2.